The first-order valence-corrected chi connectivity index (χ1v) is 7.59. The highest BCUT2D eigenvalue weighted by molar-refractivity contribution is 6.20. The van der Waals surface area contributed by atoms with E-state index in [1.165, 1.54) is 24.8 Å². The molecular formula is C16H23ClO2. The first-order chi connectivity index (χ1) is 9.31. The zero-order valence-corrected chi connectivity index (χ0v) is 12.4. The number of rotatable bonds is 5. The molecule has 2 nitrogen and oxygen atoms in total. The van der Waals surface area contributed by atoms with Gasteiger partial charge < -0.3 is 9.47 Å². The lowest BCUT2D eigenvalue weighted by atomic mass is 9.91. The van der Waals surface area contributed by atoms with E-state index in [0.29, 0.717) is 24.5 Å². The maximum Gasteiger partial charge on any atom is 0.122 e. The Morgan fingerprint density at radius 3 is 2.79 bits per heavy atom. The van der Waals surface area contributed by atoms with Crippen molar-refractivity contribution in [1.82, 2.24) is 0 Å². The molecule has 0 saturated heterocycles. The molecule has 19 heavy (non-hydrogen) atoms. The molecule has 1 saturated carbocycles. The highest BCUT2D eigenvalue weighted by Gasteiger charge is 2.22. The number of hydrogen-bond donors (Lipinski definition) is 0. The maximum atomic E-state index is 6.38. The number of benzene rings is 1. The Kier molecular flexibility index (Phi) is 5.99. The predicted octanol–water partition coefficient (Wildman–Crippen LogP) is 4.37. The fraction of sp³-hybridized carbons (Fsp3) is 0.625. The van der Waals surface area contributed by atoms with Crippen molar-refractivity contribution >= 4 is 11.6 Å². The number of methoxy groups -OCH3 is 1. The Hall–Kier alpha value is -0.730. The Morgan fingerprint density at radius 2 is 1.95 bits per heavy atom. The molecule has 0 bridgehead atoms. The molecule has 0 heterocycles. The van der Waals surface area contributed by atoms with Gasteiger partial charge >= 0.3 is 0 Å². The lowest BCUT2D eigenvalue weighted by Crippen LogP contribution is -2.09. The van der Waals surface area contributed by atoms with Crippen LogP contribution in [0.15, 0.2) is 24.3 Å². The van der Waals surface area contributed by atoms with Crippen molar-refractivity contribution in [2.24, 2.45) is 0 Å². The molecule has 3 heteroatoms. The van der Waals surface area contributed by atoms with Crippen molar-refractivity contribution in [2.45, 2.75) is 43.4 Å². The molecule has 2 unspecified atom stereocenters. The Labute approximate surface area is 121 Å². The van der Waals surface area contributed by atoms with Gasteiger partial charge in [-0.25, -0.2) is 0 Å². The lowest BCUT2D eigenvalue weighted by Gasteiger charge is -2.20. The van der Waals surface area contributed by atoms with Crippen LogP contribution in [0.2, 0.25) is 0 Å². The van der Waals surface area contributed by atoms with Crippen LogP contribution < -0.4 is 4.74 Å². The van der Waals surface area contributed by atoms with Crippen LogP contribution in [0.5, 0.6) is 5.75 Å². The van der Waals surface area contributed by atoms with Gasteiger partial charge in [0.25, 0.3) is 0 Å². The molecule has 1 aliphatic rings. The second-order valence-corrected chi connectivity index (χ2v) is 5.81. The van der Waals surface area contributed by atoms with Crippen LogP contribution in [0.4, 0.5) is 0 Å². The first-order valence-electron chi connectivity index (χ1n) is 7.16. The van der Waals surface area contributed by atoms with E-state index in [-0.39, 0.29) is 0 Å². The summed E-state index contributed by atoms with van der Waals surface area (Å²) in [6.07, 6.45) is 5.93. The van der Waals surface area contributed by atoms with Crippen LogP contribution in [-0.4, -0.2) is 25.7 Å². The summed E-state index contributed by atoms with van der Waals surface area (Å²) in [5.41, 5.74) is 1.31. The van der Waals surface area contributed by atoms with Gasteiger partial charge in [0.2, 0.25) is 0 Å². The van der Waals surface area contributed by atoms with Crippen molar-refractivity contribution in [3.63, 3.8) is 0 Å². The molecule has 0 N–H and O–H groups in total. The second kappa shape index (κ2) is 7.76. The largest absolute Gasteiger partial charge is 0.491 e. The monoisotopic (exact) mass is 282 g/mol. The number of halogens is 1. The van der Waals surface area contributed by atoms with E-state index in [1.807, 2.05) is 6.07 Å². The molecular weight excluding hydrogens is 260 g/mol. The third-order valence-electron chi connectivity index (χ3n) is 3.76. The highest BCUT2D eigenvalue weighted by atomic mass is 35.5. The summed E-state index contributed by atoms with van der Waals surface area (Å²) in [6, 6.07) is 8.36. The summed E-state index contributed by atoms with van der Waals surface area (Å²) < 4.78 is 10.9. The molecule has 1 fully saturated rings. The maximum absolute atomic E-state index is 6.38. The molecule has 1 aliphatic carbocycles. The van der Waals surface area contributed by atoms with Gasteiger partial charge in [-0.05, 0) is 36.8 Å². The first kappa shape index (κ1) is 14.7. The lowest BCUT2D eigenvalue weighted by molar-refractivity contribution is 0.145. The zero-order valence-electron chi connectivity index (χ0n) is 11.6. The minimum Gasteiger partial charge on any atom is -0.491 e. The summed E-state index contributed by atoms with van der Waals surface area (Å²) in [6.45, 7) is 1.22. The van der Waals surface area contributed by atoms with E-state index < -0.39 is 0 Å². The van der Waals surface area contributed by atoms with Gasteiger partial charge in [-0.1, -0.05) is 31.0 Å². The molecule has 0 aliphatic heterocycles. The van der Waals surface area contributed by atoms with Crippen molar-refractivity contribution in [1.29, 1.82) is 0 Å². The molecule has 106 valence electrons. The molecule has 0 radical (unpaired) electrons. The van der Waals surface area contributed by atoms with Crippen LogP contribution in [0.3, 0.4) is 0 Å². The standard InChI is InChI=1S/C16H23ClO2/c1-18-10-11-19-16-9-5-4-8-15(16)13-6-2-3-7-14(17)12-13/h4-5,8-9,13-14H,2-3,6-7,10-12H2,1H3. The molecule has 1 aromatic carbocycles. The van der Waals surface area contributed by atoms with Crippen molar-refractivity contribution < 1.29 is 9.47 Å². The summed E-state index contributed by atoms with van der Waals surface area (Å²) >= 11 is 6.38. The highest BCUT2D eigenvalue weighted by Crippen LogP contribution is 2.38. The van der Waals surface area contributed by atoms with E-state index in [1.54, 1.807) is 7.11 Å². The smallest absolute Gasteiger partial charge is 0.122 e. The number of para-hydroxylation sites is 1. The quantitative estimate of drug-likeness (QED) is 0.454. The molecule has 0 spiro atoms. The third kappa shape index (κ3) is 4.39. The van der Waals surface area contributed by atoms with Gasteiger partial charge in [-0.2, -0.15) is 0 Å². The van der Waals surface area contributed by atoms with E-state index in [0.717, 1.165) is 18.6 Å². The summed E-state index contributed by atoms with van der Waals surface area (Å²) in [4.78, 5) is 0. The second-order valence-electron chi connectivity index (χ2n) is 5.19. The van der Waals surface area contributed by atoms with Gasteiger partial charge in [0.05, 0.1) is 6.61 Å². The van der Waals surface area contributed by atoms with Crippen molar-refractivity contribution in [3.8, 4) is 5.75 Å². The average molecular weight is 283 g/mol. The van der Waals surface area contributed by atoms with Crippen LogP contribution in [-0.2, 0) is 4.74 Å². The normalized spacial score (nSPS) is 23.9. The number of hydrogen-bond acceptors (Lipinski definition) is 2. The molecule has 0 aromatic heterocycles. The molecule has 2 rings (SSSR count). The Balaban J connectivity index is 2.08. The summed E-state index contributed by atoms with van der Waals surface area (Å²) in [5, 5.41) is 0.305. The minimum atomic E-state index is 0.305. The topological polar surface area (TPSA) is 18.5 Å². The van der Waals surface area contributed by atoms with Crippen molar-refractivity contribution in [2.75, 3.05) is 20.3 Å². The molecule has 0 amide bonds. The number of alkyl halides is 1. The Morgan fingerprint density at radius 1 is 1.16 bits per heavy atom. The van der Waals surface area contributed by atoms with Crippen LogP contribution in [0.25, 0.3) is 0 Å². The van der Waals surface area contributed by atoms with E-state index in [9.17, 15) is 0 Å². The predicted molar refractivity (Wildman–Crippen MR) is 79.3 cm³/mol. The van der Waals surface area contributed by atoms with Gasteiger partial charge in [-0.15, -0.1) is 11.6 Å². The van der Waals surface area contributed by atoms with Crippen LogP contribution >= 0.6 is 11.6 Å². The molecule has 1 aromatic rings. The van der Waals surface area contributed by atoms with Gasteiger partial charge in [0.15, 0.2) is 0 Å². The van der Waals surface area contributed by atoms with Gasteiger partial charge in [0, 0.05) is 12.5 Å². The minimum absolute atomic E-state index is 0.305. The van der Waals surface area contributed by atoms with E-state index >= 15 is 0 Å². The average Bonchev–Trinajstić information content (AvgIpc) is 2.64. The Bertz CT molecular complexity index is 381. The summed E-state index contributed by atoms with van der Waals surface area (Å²) in [5.74, 6) is 1.53. The van der Waals surface area contributed by atoms with Crippen LogP contribution in [0, 0.1) is 0 Å². The third-order valence-corrected chi connectivity index (χ3v) is 4.16. The summed E-state index contributed by atoms with van der Waals surface area (Å²) in [7, 11) is 1.69. The fourth-order valence-corrected chi connectivity index (χ4v) is 3.14. The van der Waals surface area contributed by atoms with Gasteiger partial charge in [0.1, 0.15) is 12.4 Å². The molecule has 2 atom stereocenters. The zero-order chi connectivity index (χ0) is 13.5. The van der Waals surface area contributed by atoms with Crippen LogP contribution in [0.1, 0.15) is 43.6 Å². The van der Waals surface area contributed by atoms with Crippen molar-refractivity contribution in [3.05, 3.63) is 29.8 Å². The van der Waals surface area contributed by atoms with Gasteiger partial charge in [-0.3, -0.25) is 0 Å². The fourth-order valence-electron chi connectivity index (χ4n) is 2.77. The van der Waals surface area contributed by atoms with E-state index in [2.05, 4.69) is 18.2 Å². The SMILES string of the molecule is COCCOc1ccccc1C1CCCCC(Cl)C1. The van der Waals surface area contributed by atoms with E-state index in [4.69, 9.17) is 21.1 Å². The number of ether oxygens (including phenoxy) is 2.